The third-order valence-corrected chi connectivity index (χ3v) is 3.05. The molecule has 2 rings (SSSR count). The highest BCUT2D eigenvalue weighted by Crippen LogP contribution is 2.29. The molecule has 0 saturated heterocycles. The molecule has 1 aromatic carbocycles. The lowest BCUT2D eigenvalue weighted by atomic mass is 10.2. The molecule has 1 aromatic heterocycles. The van der Waals surface area contributed by atoms with Gasteiger partial charge in [-0.1, -0.05) is 52.1 Å². The highest BCUT2D eigenvalue weighted by molar-refractivity contribution is 6.77. The molecule has 8 heteroatoms. The van der Waals surface area contributed by atoms with Crippen LogP contribution in [-0.2, 0) is 6.54 Å². The molecule has 0 aliphatic carbocycles. The zero-order valence-electron chi connectivity index (χ0n) is 10.4. The fourth-order valence-corrected chi connectivity index (χ4v) is 1.83. The van der Waals surface area contributed by atoms with Crippen molar-refractivity contribution >= 4 is 40.6 Å². The average Bonchev–Trinajstić information content (AvgIpc) is 2.86. The highest BCUT2D eigenvalue weighted by Gasteiger charge is 2.33. The minimum Gasteiger partial charge on any atom is -0.497 e. The number of nitrogens with zero attached hydrogens (tertiary/aromatic N) is 3. The van der Waals surface area contributed by atoms with Crippen molar-refractivity contribution in [2.75, 3.05) is 7.11 Å². The predicted octanol–water partition coefficient (Wildman–Crippen LogP) is 2.89. The van der Waals surface area contributed by atoms with E-state index in [0.29, 0.717) is 6.54 Å². The molecule has 0 radical (unpaired) electrons. The topological polar surface area (TPSA) is 57.0 Å². The molecule has 0 N–H and O–H groups in total. The van der Waals surface area contributed by atoms with Gasteiger partial charge in [-0.05, 0) is 17.7 Å². The Kier molecular flexibility index (Phi) is 4.52. The first-order valence-corrected chi connectivity index (χ1v) is 6.68. The molecule has 0 spiro atoms. The number of Topliss-reactive ketones (excluding diaryl/α,β-unsaturated/α-hetero) is 1. The van der Waals surface area contributed by atoms with E-state index >= 15 is 0 Å². The van der Waals surface area contributed by atoms with Gasteiger partial charge in [-0.15, -0.1) is 5.10 Å². The summed E-state index contributed by atoms with van der Waals surface area (Å²) < 4.78 is 4.53. The van der Waals surface area contributed by atoms with Crippen LogP contribution in [0.1, 0.15) is 16.1 Å². The number of alkyl halides is 3. The minimum atomic E-state index is -2.03. The largest absolute Gasteiger partial charge is 0.497 e. The summed E-state index contributed by atoms with van der Waals surface area (Å²) in [5, 5.41) is 7.53. The molecule has 0 unspecified atom stereocenters. The maximum absolute atomic E-state index is 11.7. The summed E-state index contributed by atoms with van der Waals surface area (Å²) in [5.74, 6) is 0.0582. The van der Waals surface area contributed by atoms with Gasteiger partial charge >= 0.3 is 0 Å². The molecule has 0 aliphatic heterocycles. The third-order valence-electron chi connectivity index (χ3n) is 2.53. The summed E-state index contributed by atoms with van der Waals surface area (Å²) in [6.07, 6.45) is 1.44. The van der Waals surface area contributed by atoms with Crippen LogP contribution < -0.4 is 4.74 Å². The van der Waals surface area contributed by atoms with E-state index in [2.05, 4.69) is 10.3 Å². The average molecular weight is 335 g/mol. The third kappa shape index (κ3) is 3.62. The van der Waals surface area contributed by atoms with Crippen molar-refractivity contribution in [3.05, 3.63) is 41.7 Å². The maximum atomic E-state index is 11.7. The van der Waals surface area contributed by atoms with Gasteiger partial charge in [0.25, 0.3) is 3.79 Å². The number of benzene rings is 1. The molecule has 106 valence electrons. The molecule has 0 amide bonds. The Labute approximate surface area is 130 Å². The van der Waals surface area contributed by atoms with Crippen LogP contribution in [0.2, 0.25) is 0 Å². The van der Waals surface area contributed by atoms with Gasteiger partial charge in [-0.2, -0.15) is 0 Å². The van der Waals surface area contributed by atoms with Crippen molar-refractivity contribution in [2.45, 2.75) is 10.3 Å². The van der Waals surface area contributed by atoms with Crippen molar-refractivity contribution < 1.29 is 9.53 Å². The number of rotatable bonds is 4. The Morgan fingerprint density at radius 1 is 1.30 bits per heavy atom. The molecule has 2 aromatic rings. The number of hydrogen-bond donors (Lipinski definition) is 0. The molecule has 0 aliphatic rings. The summed E-state index contributed by atoms with van der Waals surface area (Å²) in [5.41, 5.74) is 0.988. The summed E-state index contributed by atoms with van der Waals surface area (Å²) in [4.78, 5) is 11.7. The van der Waals surface area contributed by atoms with Crippen LogP contribution >= 0.6 is 34.8 Å². The lowest BCUT2D eigenvalue weighted by molar-refractivity contribution is 0.0991. The molecule has 1 heterocycles. The second-order valence-corrected chi connectivity index (χ2v) is 6.26. The summed E-state index contributed by atoms with van der Waals surface area (Å²) >= 11 is 16.5. The monoisotopic (exact) mass is 333 g/mol. The van der Waals surface area contributed by atoms with Crippen LogP contribution in [0.3, 0.4) is 0 Å². The number of methoxy groups -OCH3 is 1. The van der Waals surface area contributed by atoms with E-state index in [4.69, 9.17) is 39.5 Å². The van der Waals surface area contributed by atoms with Gasteiger partial charge in [-0.25, -0.2) is 4.68 Å². The van der Waals surface area contributed by atoms with E-state index in [9.17, 15) is 4.79 Å². The van der Waals surface area contributed by atoms with E-state index in [0.717, 1.165) is 11.3 Å². The Morgan fingerprint density at radius 2 is 1.95 bits per heavy atom. The van der Waals surface area contributed by atoms with Crippen LogP contribution in [0.4, 0.5) is 0 Å². The first kappa shape index (κ1) is 15.1. The van der Waals surface area contributed by atoms with Crippen molar-refractivity contribution in [3.63, 3.8) is 0 Å². The molecule has 0 atom stereocenters. The summed E-state index contributed by atoms with van der Waals surface area (Å²) in [6.45, 7) is 0.449. The van der Waals surface area contributed by atoms with Crippen molar-refractivity contribution in [3.8, 4) is 5.75 Å². The van der Waals surface area contributed by atoms with Crippen molar-refractivity contribution in [2.24, 2.45) is 0 Å². The smallest absolute Gasteiger partial charge is 0.255 e. The number of hydrogen-bond acceptors (Lipinski definition) is 4. The number of ether oxygens (including phenoxy) is 1. The quantitative estimate of drug-likeness (QED) is 0.637. The van der Waals surface area contributed by atoms with Gasteiger partial charge in [0.2, 0.25) is 5.78 Å². The van der Waals surface area contributed by atoms with Gasteiger partial charge in [0, 0.05) is 0 Å². The summed E-state index contributed by atoms with van der Waals surface area (Å²) in [7, 11) is 1.60. The van der Waals surface area contributed by atoms with Gasteiger partial charge in [-0.3, -0.25) is 4.79 Å². The van der Waals surface area contributed by atoms with Crippen LogP contribution in [0.5, 0.6) is 5.75 Å². The van der Waals surface area contributed by atoms with Crippen LogP contribution in [-0.4, -0.2) is 31.7 Å². The SMILES string of the molecule is COc1ccc(Cn2cc(C(=O)C(Cl)(Cl)Cl)nn2)cc1. The molecule has 20 heavy (non-hydrogen) atoms. The van der Waals surface area contributed by atoms with E-state index < -0.39 is 9.58 Å². The number of aromatic nitrogens is 3. The van der Waals surface area contributed by atoms with Gasteiger partial charge < -0.3 is 4.74 Å². The zero-order chi connectivity index (χ0) is 14.8. The number of halogens is 3. The Bertz CT molecular complexity index is 605. The molecule has 0 fully saturated rings. The van der Waals surface area contributed by atoms with Crippen LogP contribution in [0, 0.1) is 0 Å². The first-order valence-electron chi connectivity index (χ1n) is 5.55. The van der Waals surface area contributed by atoms with E-state index in [-0.39, 0.29) is 5.69 Å². The highest BCUT2D eigenvalue weighted by atomic mass is 35.6. The van der Waals surface area contributed by atoms with E-state index in [1.807, 2.05) is 24.3 Å². The first-order chi connectivity index (χ1) is 9.40. The van der Waals surface area contributed by atoms with Crippen LogP contribution in [0.15, 0.2) is 30.5 Å². The zero-order valence-corrected chi connectivity index (χ0v) is 12.7. The fourth-order valence-electron chi connectivity index (χ4n) is 1.54. The molecular weight excluding hydrogens is 325 g/mol. The fraction of sp³-hybridized carbons (Fsp3) is 0.250. The standard InChI is InChI=1S/C12H10Cl3N3O2/c1-20-9-4-2-8(3-5-9)6-18-7-10(16-17-18)11(19)12(13,14)15/h2-5,7H,6H2,1H3. The van der Waals surface area contributed by atoms with E-state index in [1.165, 1.54) is 10.9 Å². The lowest BCUT2D eigenvalue weighted by Crippen LogP contribution is -2.19. The maximum Gasteiger partial charge on any atom is 0.255 e. The second-order valence-electron chi connectivity index (χ2n) is 3.98. The Hall–Kier alpha value is -1.30. The predicted molar refractivity (Wildman–Crippen MR) is 76.7 cm³/mol. The summed E-state index contributed by atoms with van der Waals surface area (Å²) in [6, 6.07) is 7.44. The molecule has 5 nitrogen and oxygen atoms in total. The van der Waals surface area contributed by atoms with Gasteiger partial charge in [0.1, 0.15) is 5.75 Å². The van der Waals surface area contributed by atoms with Gasteiger partial charge in [0.05, 0.1) is 19.9 Å². The molecule has 0 bridgehead atoms. The lowest BCUT2D eigenvalue weighted by Gasteiger charge is -2.05. The normalized spacial score (nSPS) is 11.4. The molecule has 0 saturated carbocycles. The Morgan fingerprint density at radius 3 is 2.50 bits per heavy atom. The number of carbonyl (C=O) groups is 1. The second kappa shape index (κ2) is 5.99. The van der Waals surface area contributed by atoms with Gasteiger partial charge in [0.15, 0.2) is 5.69 Å². The molecular formula is C12H10Cl3N3O2. The van der Waals surface area contributed by atoms with E-state index in [1.54, 1.807) is 7.11 Å². The van der Waals surface area contributed by atoms with Crippen molar-refractivity contribution in [1.29, 1.82) is 0 Å². The number of ketones is 1. The van der Waals surface area contributed by atoms with Crippen LogP contribution in [0.25, 0.3) is 0 Å². The Balaban J connectivity index is 2.11. The minimum absolute atomic E-state index is 0.0125. The van der Waals surface area contributed by atoms with Crippen molar-refractivity contribution in [1.82, 2.24) is 15.0 Å². The number of carbonyl (C=O) groups excluding carboxylic acids is 1.